The van der Waals surface area contributed by atoms with Gasteiger partial charge in [-0.05, 0) is 18.6 Å². The lowest BCUT2D eigenvalue weighted by molar-refractivity contribution is 0.636. The summed E-state index contributed by atoms with van der Waals surface area (Å²) in [7, 11) is 1.92. The Hall–Kier alpha value is -1.88. The molecule has 0 aliphatic heterocycles. The Kier molecular flexibility index (Phi) is 4.16. The maximum atomic E-state index is 12.0. The predicted octanol–water partition coefficient (Wildman–Crippen LogP) is 1.80. The summed E-state index contributed by atoms with van der Waals surface area (Å²) in [5.74, 6) is 0. The first kappa shape index (κ1) is 13.5. The van der Waals surface area contributed by atoms with Crippen LogP contribution >= 0.6 is 11.6 Å². The number of halogens is 1. The number of nitrogens with zero attached hydrogens (tertiary/aromatic N) is 4. The number of hydrogen-bond acceptors (Lipinski definition) is 4. The zero-order valence-corrected chi connectivity index (χ0v) is 11.6. The molecule has 0 bridgehead atoms. The highest BCUT2D eigenvalue weighted by Crippen LogP contribution is 2.08. The van der Waals surface area contributed by atoms with Gasteiger partial charge in [0.15, 0.2) is 0 Å². The molecular weight excluding hydrogens is 264 g/mol. The zero-order valence-electron chi connectivity index (χ0n) is 10.9. The molecule has 0 aliphatic carbocycles. The summed E-state index contributed by atoms with van der Waals surface area (Å²) in [6, 6.07) is 5.11. The summed E-state index contributed by atoms with van der Waals surface area (Å²) in [5.41, 5.74) is 1.57. The van der Waals surface area contributed by atoms with Crippen molar-refractivity contribution in [3.05, 3.63) is 51.7 Å². The molecule has 0 radical (unpaired) electrons. The normalized spacial score (nSPS) is 10.5. The molecule has 5 nitrogen and oxygen atoms in total. The summed E-state index contributed by atoms with van der Waals surface area (Å²) in [6.45, 7) is 3.23. The second kappa shape index (κ2) is 5.84. The first-order valence-electron chi connectivity index (χ1n) is 5.99. The Balaban J connectivity index is 2.22. The van der Waals surface area contributed by atoms with Gasteiger partial charge in [-0.1, -0.05) is 17.7 Å². The van der Waals surface area contributed by atoms with Crippen LogP contribution in [0.25, 0.3) is 0 Å². The van der Waals surface area contributed by atoms with Crippen LogP contribution in [0.15, 0.2) is 35.4 Å². The SMILES string of the molecule is CCN(C)c1cnn(Cc2ccc(Cl)nc2)c(=O)c1. The average Bonchev–Trinajstić information content (AvgIpc) is 2.42. The highest BCUT2D eigenvalue weighted by molar-refractivity contribution is 6.29. The minimum Gasteiger partial charge on any atom is -0.373 e. The van der Waals surface area contributed by atoms with Crippen molar-refractivity contribution < 1.29 is 0 Å². The molecule has 2 aromatic heterocycles. The minimum absolute atomic E-state index is 0.132. The molecule has 2 aromatic rings. The molecule has 0 aliphatic rings. The molecule has 0 N–H and O–H groups in total. The van der Waals surface area contributed by atoms with Crippen molar-refractivity contribution in [1.82, 2.24) is 14.8 Å². The topological polar surface area (TPSA) is 51.0 Å². The Bertz CT molecular complexity index is 609. The lowest BCUT2D eigenvalue weighted by Gasteiger charge is -2.16. The van der Waals surface area contributed by atoms with Crippen molar-refractivity contribution in [2.24, 2.45) is 0 Å². The second-order valence-electron chi connectivity index (χ2n) is 4.21. The van der Waals surface area contributed by atoms with E-state index in [2.05, 4.69) is 10.1 Å². The van der Waals surface area contributed by atoms with E-state index in [0.29, 0.717) is 11.7 Å². The third kappa shape index (κ3) is 3.32. The highest BCUT2D eigenvalue weighted by atomic mass is 35.5. The summed E-state index contributed by atoms with van der Waals surface area (Å²) in [5, 5.41) is 4.60. The molecule has 0 fully saturated rings. The van der Waals surface area contributed by atoms with Crippen LogP contribution < -0.4 is 10.5 Å². The van der Waals surface area contributed by atoms with Crippen molar-refractivity contribution >= 4 is 17.3 Å². The fourth-order valence-electron chi connectivity index (χ4n) is 1.61. The summed E-state index contributed by atoms with van der Waals surface area (Å²) < 4.78 is 1.40. The Morgan fingerprint density at radius 3 is 2.74 bits per heavy atom. The van der Waals surface area contributed by atoms with Gasteiger partial charge in [-0.2, -0.15) is 5.10 Å². The molecule has 0 spiro atoms. The van der Waals surface area contributed by atoms with Crippen LogP contribution in [0.1, 0.15) is 12.5 Å². The molecule has 0 unspecified atom stereocenters. The Morgan fingerprint density at radius 2 is 2.16 bits per heavy atom. The van der Waals surface area contributed by atoms with Crippen LogP contribution in [0.5, 0.6) is 0 Å². The fourth-order valence-corrected chi connectivity index (χ4v) is 1.72. The molecule has 0 atom stereocenters. The molecule has 0 saturated carbocycles. The first-order valence-corrected chi connectivity index (χ1v) is 6.36. The number of pyridine rings is 1. The molecule has 0 aromatic carbocycles. The lowest BCUT2D eigenvalue weighted by atomic mass is 10.3. The van der Waals surface area contributed by atoms with Crippen molar-refractivity contribution in [3.8, 4) is 0 Å². The van der Waals surface area contributed by atoms with Gasteiger partial charge < -0.3 is 4.90 Å². The third-order valence-electron chi connectivity index (χ3n) is 2.89. The smallest absolute Gasteiger partial charge is 0.269 e. The number of anilines is 1. The van der Waals surface area contributed by atoms with Gasteiger partial charge in [0.25, 0.3) is 5.56 Å². The summed E-state index contributed by atoms with van der Waals surface area (Å²) in [4.78, 5) is 17.9. The molecule has 19 heavy (non-hydrogen) atoms. The zero-order chi connectivity index (χ0) is 13.8. The van der Waals surface area contributed by atoms with E-state index < -0.39 is 0 Å². The first-order chi connectivity index (χ1) is 9.10. The quantitative estimate of drug-likeness (QED) is 0.800. The van der Waals surface area contributed by atoms with E-state index in [-0.39, 0.29) is 5.56 Å². The molecule has 0 amide bonds. The van der Waals surface area contributed by atoms with Gasteiger partial charge >= 0.3 is 0 Å². The monoisotopic (exact) mass is 278 g/mol. The van der Waals surface area contributed by atoms with Crippen molar-refractivity contribution in [2.45, 2.75) is 13.5 Å². The lowest BCUT2D eigenvalue weighted by Crippen LogP contribution is -2.26. The largest absolute Gasteiger partial charge is 0.373 e. The van der Waals surface area contributed by atoms with Gasteiger partial charge in [0, 0.05) is 25.9 Å². The number of hydrogen-bond donors (Lipinski definition) is 0. The summed E-state index contributed by atoms with van der Waals surface area (Å²) >= 11 is 5.72. The van der Waals surface area contributed by atoms with Gasteiger partial charge in [-0.25, -0.2) is 9.67 Å². The molecule has 2 rings (SSSR count). The van der Waals surface area contributed by atoms with Crippen LogP contribution in [0.2, 0.25) is 5.15 Å². The Morgan fingerprint density at radius 1 is 1.37 bits per heavy atom. The van der Waals surface area contributed by atoms with Crippen LogP contribution in [0.4, 0.5) is 5.69 Å². The van der Waals surface area contributed by atoms with E-state index in [1.807, 2.05) is 24.9 Å². The van der Waals surface area contributed by atoms with Crippen molar-refractivity contribution in [2.75, 3.05) is 18.5 Å². The van der Waals surface area contributed by atoms with Crippen molar-refractivity contribution in [1.29, 1.82) is 0 Å². The third-order valence-corrected chi connectivity index (χ3v) is 3.11. The van der Waals surface area contributed by atoms with Crippen LogP contribution in [0, 0.1) is 0 Å². The molecule has 0 saturated heterocycles. The van der Waals surface area contributed by atoms with Crippen molar-refractivity contribution in [3.63, 3.8) is 0 Å². The minimum atomic E-state index is -0.132. The highest BCUT2D eigenvalue weighted by Gasteiger charge is 2.04. The van der Waals surface area contributed by atoms with Gasteiger partial charge in [-0.3, -0.25) is 4.79 Å². The van der Waals surface area contributed by atoms with Gasteiger partial charge in [-0.15, -0.1) is 0 Å². The maximum absolute atomic E-state index is 12.0. The standard InChI is InChI=1S/C13H15ClN4O/c1-3-17(2)11-6-13(19)18(16-8-11)9-10-4-5-12(14)15-7-10/h4-8H,3,9H2,1-2H3. The molecule has 100 valence electrons. The van der Waals surface area contributed by atoms with Crippen LogP contribution in [0.3, 0.4) is 0 Å². The van der Waals surface area contributed by atoms with E-state index in [1.165, 1.54) is 4.68 Å². The van der Waals surface area contributed by atoms with E-state index in [0.717, 1.165) is 17.8 Å². The van der Waals surface area contributed by atoms with Crippen LogP contribution in [-0.2, 0) is 6.54 Å². The van der Waals surface area contributed by atoms with E-state index in [4.69, 9.17) is 11.6 Å². The number of aromatic nitrogens is 3. The van der Waals surface area contributed by atoms with Crippen LogP contribution in [-0.4, -0.2) is 28.4 Å². The predicted molar refractivity (Wildman–Crippen MR) is 75.8 cm³/mol. The van der Waals surface area contributed by atoms with Gasteiger partial charge in [0.05, 0.1) is 18.4 Å². The second-order valence-corrected chi connectivity index (χ2v) is 4.60. The fraction of sp³-hybridized carbons (Fsp3) is 0.308. The molecular formula is C13H15ClN4O. The Labute approximate surface area is 116 Å². The molecule has 6 heteroatoms. The van der Waals surface area contributed by atoms with Gasteiger partial charge in [0.1, 0.15) is 5.15 Å². The maximum Gasteiger partial charge on any atom is 0.269 e. The molecule has 2 heterocycles. The number of rotatable bonds is 4. The van der Waals surface area contributed by atoms with E-state index in [1.54, 1.807) is 24.5 Å². The van der Waals surface area contributed by atoms with E-state index >= 15 is 0 Å². The van der Waals surface area contributed by atoms with E-state index in [9.17, 15) is 4.79 Å². The average molecular weight is 279 g/mol. The van der Waals surface area contributed by atoms with Gasteiger partial charge in [0.2, 0.25) is 0 Å². The summed E-state index contributed by atoms with van der Waals surface area (Å²) in [6.07, 6.45) is 3.33.